The molecule has 23 heavy (non-hydrogen) atoms. The SMILES string of the molecule is Cc1cc(C)c2c(n1)OC(N1CCOCC1)(C(F)(F)F)CC2=O. The van der Waals surface area contributed by atoms with Crippen molar-refractivity contribution in [3.05, 3.63) is 22.9 Å². The number of hydrogen-bond acceptors (Lipinski definition) is 5. The number of carbonyl (C=O) groups excluding carboxylic acids is 1. The predicted octanol–water partition coefficient (Wildman–Crippen LogP) is 2.25. The van der Waals surface area contributed by atoms with Gasteiger partial charge in [-0.25, -0.2) is 4.98 Å². The number of carbonyl (C=O) groups is 1. The fourth-order valence-electron chi connectivity index (χ4n) is 3.16. The van der Waals surface area contributed by atoms with Crippen LogP contribution in [0.1, 0.15) is 28.0 Å². The van der Waals surface area contributed by atoms with Gasteiger partial charge in [0, 0.05) is 18.8 Å². The van der Waals surface area contributed by atoms with E-state index < -0.39 is 24.1 Å². The van der Waals surface area contributed by atoms with Crippen molar-refractivity contribution in [3.63, 3.8) is 0 Å². The van der Waals surface area contributed by atoms with E-state index in [4.69, 9.17) is 9.47 Å². The van der Waals surface area contributed by atoms with Crippen LogP contribution in [0.25, 0.3) is 0 Å². The maximum absolute atomic E-state index is 13.9. The third-order valence-electron chi connectivity index (χ3n) is 4.22. The van der Waals surface area contributed by atoms with E-state index in [1.54, 1.807) is 19.9 Å². The molecule has 3 heterocycles. The second-order valence-electron chi connectivity index (χ2n) is 5.84. The summed E-state index contributed by atoms with van der Waals surface area (Å²) in [6.45, 7) is 3.76. The van der Waals surface area contributed by atoms with Gasteiger partial charge in [-0.05, 0) is 25.5 Å². The molecule has 0 saturated carbocycles. The van der Waals surface area contributed by atoms with E-state index in [1.165, 1.54) is 0 Å². The molecule has 1 aromatic rings. The number of ether oxygens (including phenoxy) is 2. The lowest BCUT2D eigenvalue weighted by atomic mass is 9.93. The number of alkyl halides is 3. The van der Waals surface area contributed by atoms with Crippen molar-refractivity contribution >= 4 is 5.78 Å². The van der Waals surface area contributed by atoms with Gasteiger partial charge >= 0.3 is 6.18 Å². The number of morpholine rings is 1. The average Bonchev–Trinajstić information content (AvgIpc) is 2.45. The monoisotopic (exact) mass is 330 g/mol. The van der Waals surface area contributed by atoms with Crippen LogP contribution in [0.4, 0.5) is 13.2 Å². The van der Waals surface area contributed by atoms with Gasteiger partial charge in [-0.2, -0.15) is 13.2 Å². The lowest BCUT2D eigenvalue weighted by molar-refractivity contribution is -0.310. The zero-order valence-electron chi connectivity index (χ0n) is 12.9. The average molecular weight is 330 g/mol. The standard InChI is InChI=1S/C15H17F3N2O3/c1-9-7-10(2)19-13-12(9)11(21)8-14(23-13,15(16,17)18)20-3-5-22-6-4-20/h7H,3-6,8H2,1-2H3. The van der Waals surface area contributed by atoms with Crippen molar-refractivity contribution in [1.82, 2.24) is 9.88 Å². The summed E-state index contributed by atoms with van der Waals surface area (Å²) in [5, 5.41) is 0. The van der Waals surface area contributed by atoms with Gasteiger partial charge < -0.3 is 9.47 Å². The van der Waals surface area contributed by atoms with Crippen LogP contribution in [-0.2, 0) is 4.74 Å². The Morgan fingerprint density at radius 1 is 1.26 bits per heavy atom. The number of halogens is 3. The predicted molar refractivity (Wildman–Crippen MR) is 74.5 cm³/mol. The molecule has 0 aromatic carbocycles. The molecule has 1 atom stereocenters. The highest BCUT2D eigenvalue weighted by atomic mass is 19.4. The van der Waals surface area contributed by atoms with Crippen molar-refractivity contribution in [3.8, 4) is 5.88 Å². The van der Waals surface area contributed by atoms with E-state index in [0.717, 1.165) is 4.90 Å². The molecule has 1 unspecified atom stereocenters. The summed E-state index contributed by atoms with van der Waals surface area (Å²) in [4.78, 5) is 17.6. The van der Waals surface area contributed by atoms with E-state index in [-0.39, 0.29) is 37.7 Å². The number of pyridine rings is 1. The first kappa shape index (κ1) is 16.2. The van der Waals surface area contributed by atoms with Crippen molar-refractivity contribution in [1.29, 1.82) is 0 Å². The Bertz CT molecular complexity index is 642. The number of ketones is 1. The Morgan fingerprint density at radius 3 is 2.52 bits per heavy atom. The van der Waals surface area contributed by atoms with Crippen LogP contribution >= 0.6 is 0 Å². The lowest BCUT2D eigenvalue weighted by Gasteiger charge is -2.47. The van der Waals surface area contributed by atoms with E-state index in [2.05, 4.69) is 4.98 Å². The zero-order chi connectivity index (χ0) is 16.8. The van der Waals surface area contributed by atoms with Gasteiger partial charge in [0.05, 0.1) is 25.2 Å². The molecule has 0 N–H and O–H groups in total. The van der Waals surface area contributed by atoms with Crippen molar-refractivity contribution in [2.24, 2.45) is 0 Å². The molecule has 0 radical (unpaired) electrons. The summed E-state index contributed by atoms with van der Waals surface area (Å²) in [5.74, 6) is -0.831. The molecule has 1 fully saturated rings. The van der Waals surface area contributed by atoms with Crippen LogP contribution in [0.2, 0.25) is 0 Å². The van der Waals surface area contributed by atoms with Crippen LogP contribution in [-0.4, -0.2) is 53.9 Å². The second kappa shape index (κ2) is 5.45. The normalized spacial score (nSPS) is 25.9. The Balaban J connectivity index is 2.10. The number of Topliss-reactive ketones (excluding diaryl/α,β-unsaturated/α-hetero) is 1. The smallest absolute Gasteiger partial charge is 0.443 e. The molecule has 3 rings (SSSR count). The fourth-order valence-corrected chi connectivity index (χ4v) is 3.16. The molecule has 0 amide bonds. The van der Waals surface area contributed by atoms with Gasteiger partial charge in [0.2, 0.25) is 5.88 Å². The van der Waals surface area contributed by atoms with Gasteiger partial charge in [-0.1, -0.05) is 0 Å². The molecular formula is C15H17F3N2O3. The van der Waals surface area contributed by atoms with Crippen LogP contribution in [0.15, 0.2) is 6.07 Å². The second-order valence-corrected chi connectivity index (χ2v) is 5.84. The highest BCUT2D eigenvalue weighted by Gasteiger charge is 2.64. The Hall–Kier alpha value is -1.67. The van der Waals surface area contributed by atoms with Gasteiger partial charge in [-0.3, -0.25) is 9.69 Å². The molecule has 8 heteroatoms. The molecule has 1 saturated heterocycles. The highest BCUT2D eigenvalue weighted by Crippen LogP contribution is 2.45. The minimum atomic E-state index is -4.73. The molecule has 0 aliphatic carbocycles. The van der Waals surface area contributed by atoms with Crippen LogP contribution < -0.4 is 4.74 Å². The molecule has 5 nitrogen and oxygen atoms in total. The summed E-state index contributed by atoms with van der Waals surface area (Å²) in [7, 11) is 0. The van der Waals surface area contributed by atoms with Crippen molar-refractivity contribution < 1.29 is 27.4 Å². The van der Waals surface area contributed by atoms with Gasteiger partial charge in [-0.15, -0.1) is 0 Å². The molecule has 0 spiro atoms. The number of hydrogen-bond donors (Lipinski definition) is 0. The molecule has 126 valence electrons. The molecule has 2 aliphatic heterocycles. The first-order valence-electron chi connectivity index (χ1n) is 7.34. The molecule has 2 aliphatic rings. The Morgan fingerprint density at radius 2 is 1.91 bits per heavy atom. The van der Waals surface area contributed by atoms with Crippen molar-refractivity contribution in [2.45, 2.75) is 32.2 Å². The van der Waals surface area contributed by atoms with Crippen LogP contribution in [0.3, 0.4) is 0 Å². The Kier molecular flexibility index (Phi) is 3.84. The minimum absolute atomic E-state index is 0.0485. The van der Waals surface area contributed by atoms with Crippen LogP contribution in [0, 0.1) is 13.8 Å². The third-order valence-corrected chi connectivity index (χ3v) is 4.22. The number of fused-ring (bicyclic) bond motifs is 1. The first-order chi connectivity index (χ1) is 10.7. The summed E-state index contributed by atoms with van der Waals surface area (Å²) in [6, 6.07) is 1.66. The lowest BCUT2D eigenvalue weighted by Crippen LogP contribution is -2.67. The van der Waals surface area contributed by atoms with E-state index >= 15 is 0 Å². The van der Waals surface area contributed by atoms with E-state index in [9.17, 15) is 18.0 Å². The summed E-state index contributed by atoms with van der Waals surface area (Å²) >= 11 is 0. The third kappa shape index (κ3) is 2.59. The minimum Gasteiger partial charge on any atom is -0.445 e. The van der Waals surface area contributed by atoms with Gasteiger partial charge in [0.15, 0.2) is 5.78 Å². The fraction of sp³-hybridized carbons (Fsp3) is 0.600. The van der Waals surface area contributed by atoms with Crippen LogP contribution in [0.5, 0.6) is 5.88 Å². The topological polar surface area (TPSA) is 51.7 Å². The summed E-state index contributed by atoms with van der Waals surface area (Å²) < 4.78 is 52.1. The molecule has 1 aromatic heterocycles. The van der Waals surface area contributed by atoms with Gasteiger partial charge in [0.25, 0.3) is 5.72 Å². The largest absolute Gasteiger partial charge is 0.445 e. The maximum atomic E-state index is 13.9. The summed E-state index contributed by atoms with van der Waals surface area (Å²) in [5.41, 5.74) is -1.44. The molecular weight excluding hydrogens is 313 g/mol. The number of rotatable bonds is 1. The van der Waals surface area contributed by atoms with E-state index in [1.807, 2.05) is 0 Å². The number of nitrogens with zero attached hydrogens (tertiary/aromatic N) is 2. The first-order valence-corrected chi connectivity index (χ1v) is 7.34. The summed E-state index contributed by atoms with van der Waals surface area (Å²) in [6.07, 6.45) is -5.49. The quantitative estimate of drug-likeness (QED) is 0.790. The zero-order valence-corrected chi connectivity index (χ0v) is 12.9. The maximum Gasteiger partial charge on any atom is 0.443 e. The van der Waals surface area contributed by atoms with E-state index in [0.29, 0.717) is 11.3 Å². The number of aryl methyl sites for hydroxylation is 2. The van der Waals surface area contributed by atoms with Crippen molar-refractivity contribution in [2.75, 3.05) is 26.3 Å². The number of aromatic nitrogens is 1. The van der Waals surface area contributed by atoms with Gasteiger partial charge in [0.1, 0.15) is 0 Å². The highest BCUT2D eigenvalue weighted by molar-refractivity contribution is 6.01. The molecule has 0 bridgehead atoms. The Labute approximate surface area is 131 Å².